The summed E-state index contributed by atoms with van der Waals surface area (Å²) in [5, 5.41) is 3.39. The van der Waals surface area contributed by atoms with Gasteiger partial charge in [0.1, 0.15) is 0 Å². The van der Waals surface area contributed by atoms with Crippen LogP contribution in [0.25, 0.3) is 4.95 Å². The van der Waals surface area contributed by atoms with Gasteiger partial charge in [-0.2, -0.15) is 6.57 Å². The SMILES string of the molecule is [C-]#[N+]N=S(=O)(NC(=O)Nc1c2c(cc3c1CCC3)CCC2)c1ccc(Cl)cc1. The second-order valence-corrected chi connectivity index (χ2v) is 9.28. The number of rotatable bonds is 3. The van der Waals surface area contributed by atoms with Crippen molar-refractivity contribution in [2.45, 2.75) is 43.4 Å². The van der Waals surface area contributed by atoms with Crippen LogP contribution in [-0.4, -0.2) is 10.2 Å². The van der Waals surface area contributed by atoms with Crippen LogP contribution in [0.3, 0.4) is 0 Å². The van der Waals surface area contributed by atoms with Crippen molar-refractivity contribution in [1.29, 1.82) is 0 Å². The molecule has 0 bridgehead atoms. The molecule has 28 heavy (non-hydrogen) atoms. The summed E-state index contributed by atoms with van der Waals surface area (Å²) in [6, 6.07) is 7.74. The first-order valence-electron chi connectivity index (χ1n) is 9.14. The van der Waals surface area contributed by atoms with Gasteiger partial charge in [0, 0.05) is 10.7 Å². The number of hydrogen-bond donors (Lipinski definition) is 2. The van der Waals surface area contributed by atoms with Gasteiger partial charge in [-0.1, -0.05) is 17.7 Å². The summed E-state index contributed by atoms with van der Waals surface area (Å²) >= 11 is 5.88. The van der Waals surface area contributed by atoms with E-state index < -0.39 is 15.9 Å². The van der Waals surface area contributed by atoms with Gasteiger partial charge in [0.2, 0.25) is 9.92 Å². The van der Waals surface area contributed by atoms with Crippen molar-refractivity contribution >= 4 is 33.2 Å². The number of carbonyl (C=O) groups is 1. The fourth-order valence-corrected chi connectivity index (χ4v) is 5.34. The zero-order valence-electron chi connectivity index (χ0n) is 15.1. The number of anilines is 1. The zero-order valence-corrected chi connectivity index (χ0v) is 16.7. The maximum Gasteiger partial charge on any atom is 0.332 e. The Labute approximate surface area is 169 Å². The minimum atomic E-state index is -3.43. The number of benzene rings is 2. The topological polar surface area (TPSA) is 74.9 Å². The van der Waals surface area contributed by atoms with Gasteiger partial charge in [-0.15, -0.1) is 4.95 Å². The third kappa shape index (κ3) is 3.46. The third-order valence-corrected chi connectivity index (χ3v) is 7.17. The van der Waals surface area contributed by atoms with Crippen LogP contribution in [0.4, 0.5) is 10.5 Å². The number of urea groups is 1. The van der Waals surface area contributed by atoms with E-state index in [1.165, 1.54) is 34.4 Å². The van der Waals surface area contributed by atoms with Crippen LogP contribution in [0.5, 0.6) is 0 Å². The first-order chi connectivity index (χ1) is 13.5. The number of aryl methyl sites for hydroxylation is 2. The lowest BCUT2D eigenvalue weighted by Gasteiger charge is -2.17. The van der Waals surface area contributed by atoms with Crippen molar-refractivity contribution in [2.75, 3.05) is 5.32 Å². The van der Waals surface area contributed by atoms with Crippen LogP contribution < -0.4 is 10.0 Å². The Morgan fingerprint density at radius 3 is 2.25 bits per heavy atom. The fourth-order valence-electron chi connectivity index (χ4n) is 4.03. The van der Waals surface area contributed by atoms with E-state index in [9.17, 15) is 9.00 Å². The largest absolute Gasteiger partial charge is 0.332 e. The van der Waals surface area contributed by atoms with Gasteiger partial charge < -0.3 is 5.32 Å². The van der Waals surface area contributed by atoms with Crippen molar-refractivity contribution in [3.63, 3.8) is 0 Å². The third-order valence-electron chi connectivity index (χ3n) is 5.23. The van der Waals surface area contributed by atoms with E-state index >= 15 is 0 Å². The Bertz CT molecular complexity index is 1080. The molecule has 6 nitrogen and oxygen atoms in total. The summed E-state index contributed by atoms with van der Waals surface area (Å²) in [7, 11) is -3.43. The molecule has 8 heteroatoms. The maximum atomic E-state index is 13.2. The molecule has 2 aliphatic carbocycles. The number of carbonyl (C=O) groups excluding carboxylic acids is 1. The van der Waals surface area contributed by atoms with Gasteiger partial charge in [0.15, 0.2) is 4.47 Å². The summed E-state index contributed by atoms with van der Waals surface area (Å²) in [5.41, 5.74) is 5.79. The van der Waals surface area contributed by atoms with Crippen molar-refractivity contribution in [2.24, 2.45) is 4.47 Å². The molecule has 0 saturated carbocycles. The summed E-state index contributed by atoms with van der Waals surface area (Å²) < 4.78 is 19.1. The van der Waals surface area contributed by atoms with Gasteiger partial charge >= 0.3 is 6.03 Å². The fraction of sp³-hybridized carbons (Fsp3) is 0.300. The summed E-state index contributed by atoms with van der Waals surface area (Å²) in [4.78, 5) is 15.9. The summed E-state index contributed by atoms with van der Waals surface area (Å²) in [6.45, 7) is 7.00. The molecule has 0 aliphatic heterocycles. The number of nitrogens with one attached hydrogen (secondary N) is 2. The Morgan fingerprint density at radius 1 is 1.07 bits per heavy atom. The van der Waals surface area contributed by atoms with Crippen LogP contribution in [0.2, 0.25) is 5.02 Å². The minimum Gasteiger partial charge on any atom is -0.307 e. The summed E-state index contributed by atoms with van der Waals surface area (Å²) in [6.07, 6.45) is 6.04. The summed E-state index contributed by atoms with van der Waals surface area (Å²) in [5.74, 6) is 0. The Morgan fingerprint density at radius 2 is 1.68 bits per heavy atom. The molecule has 2 amide bonds. The van der Waals surface area contributed by atoms with E-state index in [2.05, 4.69) is 25.5 Å². The molecule has 2 N–H and O–H groups in total. The normalized spacial score (nSPS) is 16.4. The highest BCUT2D eigenvalue weighted by molar-refractivity contribution is 7.92. The van der Waals surface area contributed by atoms with Crippen LogP contribution in [0.1, 0.15) is 35.1 Å². The van der Waals surface area contributed by atoms with E-state index in [0.717, 1.165) is 44.2 Å². The van der Waals surface area contributed by atoms with Crippen molar-refractivity contribution in [3.05, 3.63) is 69.1 Å². The van der Waals surface area contributed by atoms with Crippen LogP contribution in [0.15, 0.2) is 39.7 Å². The highest BCUT2D eigenvalue weighted by atomic mass is 35.5. The van der Waals surface area contributed by atoms with E-state index in [-0.39, 0.29) is 4.90 Å². The van der Waals surface area contributed by atoms with Crippen LogP contribution in [0, 0.1) is 6.57 Å². The monoisotopic (exact) mass is 414 g/mol. The molecule has 2 aromatic carbocycles. The number of hydrogen-bond acceptors (Lipinski definition) is 3. The Kier molecular flexibility index (Phi) is 5.00. The molecule has 1 atom stereocenters. The molecule has 0 aromatic heterocycles. The van der Waals surface area contributed by atoms with Crippen molar-refractivity contribution < 1.29 is 9.00 Å². The first-order valence-corrected chi connectivity index (χ1v) is 11.0. The second-order valence-electron chi connectivity index (χ2n) is 6.95. The number of amides is 2. The van der Waals surface area contributed by atoms with Gasteiger partial charge in [-0.3, -0.25) is 0 Å². The number of fused-ring (bicyclic) bond motifs is 2. The molecule has 0 heterocycles. The molecular weight excluding hydrogens is 396 g/mol. The maximum absolute atomic E-state index is 13.2. The predicted octanol–water partition coefficient (Wildman–Crippen LogP) is 4.72. The quantitative estimate of drug-likeness (QED) is 0.563. The van der Waals surface area contributed by atoms with E-state index in [1.54, 1.807) is 12.1 Å². The molecule has 1 unspecified atom stereocenters. The molecule has 0 radical (unpaired) electrons. The molecule has 0 saturated heterocycles. The van der Waals surface area contributed by atoms with Crippen molar-refractivity contribution in [3.8, 4) is 0 Å². The Hall–Kier alpha value is -2.56. The number of halogens is 1. The molecule has 2 aliphatic rings. The molecular formula is C20H19ClN4O2S. The minimum absolute atomic E-state index is 0.228. The zero-order chi connectivity index (χ0) is 19.7. The highest BCUT2D eigenvalue weighted by Gasteiger charge is 2.26. The van der Waals surface area contributed by atoms with Crippen LogP contribution in [-0.2, 0) is 35.6 Å². The lowest BCUT2D eigenvalue weighted by atomic mass is 9.99. The van der Waals surface area contributed by atoms with Crippen molar-refractivity contribution in [1.82, 2.24) is 4.72 Å². The number of nitrogens with zero attached hydrogens (tertiary/aromatic N) is 2. The van der Waals surface area contributed by atoms with Gasteiger partial charge in [-0.05, 0) is 85.0 Å². The van der Waals surface area contributed by atoms with E-state index in [4.69, 9.17) is 18.2 Å². The van der Waals surface area contributed by atoms with Gasteiger partial charge in [-0.25, -0.2) is 13.7 Å². The molecule has 0 spiro atoms. The lowest BCUT2D eigenvalue weighted by Crippen LogP contribution is -2.34. The average Bonchev–Trinajstić information content (AvgIpc) is 3.31. The highest BCUT2D eigenvalue weighted by Crippen LogP contribution is 2.38. The Balaban J connectivity index is 1.65. The smallest absolute Gasteiger partial charge is 0.307 e. The molecule has 2 aromatic rings. The first kappa shape index (κ1) is 18.8. The predicted molar refractivity (Wildman–Crippen MR) is 110 cm³/mol. The van der Waals surface area contributed by atoms with Gasteiger partial charge in [0.05, 0.1) is 4.90 Å². The van der Waals surface area contributed by atoms with E-state index in [0.29, 0.717) is 5.02 Å². The molecule has 0 fully saturated rings. The van der Waals surface area contributed by atoms with Crippen LogP contribution >= 0.6 is 11.6 Å². The van der Waals surface area contributed by atoms with E-state index in [1.807, 2.05) is 0 Å². The average molecular weight is 415 g/mol. The second kappa shape index (κ2) is 7.46. The standard InChI is InChI=1S/C20H19ClN4O2S/c1-22-25-28(27,16-10-8-15(21)9-11-16)24-20(26)23-19-17-6-2-4-13(17)12-14-5-3-7-18(14)19/h8-12H,2-7H2,(H2,23,24,25,26,27). The molecule has 4 rings (SSSR count). The molecule has 144 valence electrons. The lowest BCUT2D eigenvalue weighted by molar-refractivity contribution is 0.256. The van der Waals surface area contributed by atoms with Gasteiger partial charge in [0.25, 0.3) is 0 Å².